The van der Waals surface area contributed by atoms with Gasteiger partial charge < -0.3 is 4.74 Å². The Kier molecular flexibility index (Phi) is 3.78. The van der Waals surface area contributed by atoms with Crippen LogP contribution in [0.5, 0.6) is 0 Å². The molecular weight excluding hydrogens is 264 g/mol. The summed E-state index contributed by atoms with van der Waals surface area (Å²) in [6.07, 6.45) is 2.59. The number of sulfone groups is 1. The lowest BCUT2D eigenvalue weighted by molar-refractivity contribution is -0.138. The topological polar surface area (TPSA) is 60.4 Å². The lowest BCUT2D eigenvalue weighted by atomic mass is 9.69. The molecule has 108 valence electrons. The summed E-state index contributed by atoms with van der Waals surface area (Å²) in [4.78, 5) is 11.2. The fraction of sp³-hybridized carbons (Fsp3) is 0.786. The van der Waals surface area contributed by atoms with Gasteiger partial charge >= 0.3 is 5.97 Å². The van der Waals surface area contributed by atoms with Crippen molar-refractivity contribution < 1.29 is 17.9 Å². The standard InChI is InChI=1S/C14H22O4S/c1-5-11-9(3)12(18-10(4)15)6-13-14(11)8(2)7-19(13,16)17/h6,8-9,11,13-14H,5,7H2,1-4H3/t8-,9+,11-,13+,14-/m0/s1. The number of rotatable bonds is 2. The number of esters is 1. The molecule has 0 amide bonds. The quantitative estimate of drug-likeness (QED) is 0.730. The van der Waals surface area contributed by atoms with E-state index in [4.69, 9.17) is 4.74 Å². The Morgan fingerprint density at radius 1 is 1.42 bits per heavy atom. The molecule has 1 heterocycles. The van der Waals surface area contributed by atoms with E-state index in [1.807, 2.05) is 13.8 Å². The average molecular weight is 286 g/mol. The van der Waals surface area contributed by atoms with Crippen molar-refractivity contribution in [2.45, 2.75) is 39.4 Å². The molecule has 4 nitrogen and oxygen atoms in total. The van der Waals surface area contributed by atoms with Gasteiger partial charge in [0.25, 0.3) is 0 Å². The Morgan fingerprint density at radius 3 is 2.58 bits per heavy atom. The second kappa shape index (κ2) is 4.93. The van der Waals surface area contributed by atoms with Gasteiger partial charge in [-0.1, -0.05) is 27.2 Å². The molecule has 0 saturated carbocycles. The highest BCUT2D eigenvalue weighted by Gasteiger charge is 2.51. The summed E-state index contributed by atoms with van der Waals surface area (Å²) in [6, 6.07) is 0. The maximum Gasteiger partial charge on any atom is 0.307 e. The van der Waals surface area contributed by atoms with Crippen LogP contribution in [-0.4, -0.2) is 25.4 Å². The van der Waals surface area contributed by atoms with E-state index in [2.05, 4.69) is 6.92 Å². The van der Waals surface area contributed by atoms with Gasteiger partial charge in [-0.05, 0) is 23.8 Å². The van der Waals surface area contributed by atoms with Crippen LogP contribution in [0.3, 0.4) is 0 Å². The molecular formula is C14H22O4S. The minimum atomic E-state index is -3.10. The van der Waals surface area contributed by atoms with Crippen LogP contribution >= 0.6 is 0 Å². The first kappa shape index (κ1) is 14.6. The van der Waals surface area contributed by atoms with Gasteiger partial charge in [-0.25, -0.2) is 8.42 Å². The molecule has 1 aliphatic carbocycles. The van der Waals surface area contributed by atoms with Crippen molar-refractivity contribution in [1.82, 2.24) is 0 Å². The normalized spacial score (nSPS) is 40.4. The van der Waals surface area contributed by atoms with Gasteiger partial charge in [-0.3, -0.25) is 4.79 Å². The summed E-state index contributed by atoms with van der Waals surface area (Å²) < 4.78 is 29.7. The van der Waals surface area contributed by atoms with Gasteiger partial charge in [-0.15, -0.1) is 0 Å². The second-order valence-electron chi connectivity index (χ2n) is 5.87. The molecule has 19 heavy (non-hydrogen) atoms. The predicted octanol–water partition coefficient (Wildman–Crippen LogP) is 2.16. The van der Waals surface area contributed by atoms with Gasteiger partial charge in [0, 0.05) is 12.8 Å². The van der Waals surface area contributed by atoms with E-state index in [-0.39, 0.29) is 35.4 Å². The number of fused-ring (bicyclic) bond motifs is 1. The fourth-order valence-corrected chi connectivity index (χ4v) is 6.28. The maximum atomic E-state index is 12.2. The van der Waals surface area contributed by atoms with Crippen molar-refractivity contribution in [3.8, 4) is 0 Å². The average Bonchev–Trinajstić information content (AvgIpc) is 2.50. The zero-order chi connectivity index (χ0) is 14.4. The van der Waals surface area contributed by atoms with Crippen molar-refractivity contribution in [1.29, 1.82) is 0 Å². The zero-order valence-corrected chi connectivity index (χ0v) is 12.7. The first-order valence-corrected chi connectivity index (χ1v) is 8.61. The maximum absolute atomic E-state index is 12.2. The van der Waals surface area contributed by atoms with Crippen LogP contribution < -0.4 is 0 Å². The van der Waals surface area contributed by atoms with E-state index >= 15 is 0 Å². The first-order valence-electron chi connectivity index (χ1n) is 6.89. The zero-order valence-electron chi connectivity index (χ0n) is 11.9. The molecule has 2 aliphatic rings. The van der Waals surface area contributed by atoms with Crippen molar-refractivity contribution in [2.75, 3.05) is 5.75 Å². The summed E-state index contributed by atoms with van der Waals surface area (Å²) in [7, 11) is -3.10. The number of carbonyl (C=O) groups excluding carboxylic acids is 1. The largest absolute Gasteiger partial charge is 0.431 e. The van der Waals surface area contributed by atoms with Crippen molar-refractivity contribution in [3.05, 3.63) is 11.8 Å². The van der Waals surface area contributed by atoms with Gasteiger partial charge in [0.2, 0.25) is 0 Å². The summed E-state index contributed by atoms with van der Waals surface area (Å²) in [5.41, 5.74) is 0. The minimum absolute atomic E-state index is 0.103. The Labute approximate surface area is 115 Å². The van der Waals surface area contributed by atoms with Crippen LogP contribution in [0.25, 0.3) is 0 Å². The van der Waals surface area contributed by atoms with E-state index in [9.17, 15) is 13.2 Å². The fourth-order valence-electron chi connectivity index (χ4n) is 3.81. The van der Waals surface area contributed by atoms with Gasteiger partial charge in [0.05, 0.1) is 11.0 Å². The smallest absolute Gasteiger partial charge is 0.307 e. The third kappa shape index (κ3) is 2.45. The Bertz CT molecular complexity index is 506. The van der Waals surface area contributed by atoms with Gasteiger partial charge in [0.1, 0.15) is 5.76 Å². The number of hydrogen-bond acceptors (Lipinski definition) is 4. The van der Waals surface area contributed by atoms with Crippen LogP contribution in [0, 0.1) is 23.7 Å². The number of ether oxygens (including phenoxy) is 1. The summed E-state index contributed by atoms with van der Waals surface area (Å²) in [5, 5.41) is -0.474. The summed E-state index contributed by atoms with van der Waals surface area (Å²) in [5.74, 6) is 1.10. The van der Waals surface area contributed by atoms with E-state index in [1.54, 1.807) is 6.08 Å². The highest BCUT2D eigenvalue weighted by molar-refractivity contribution is 7.92. The van der Waals surface area contributed by atoms with Crippen molar-refractivity contribution >= 4 is 15.8 Å². The third-order valence-electron chi connectivity index (χ3n) is 4.59. The molecule has 0 N–H and O–H groups in total. The second-order valence-corrected chi connectivity index (χ2v) is 8.08. The lowest BCUT2D eigenvalue weighted by Gasteiger charge is -2.37. The SMILES string of the molecule is CC[C@@H]1[C@H]2[C@@H](C=C(OC(C)=O)[C@@H]1C)S(=O)(=O)C[C@@H]2C. The Hall–Kier alpha value is -0.840. The molecule has 1 saturated heterocycles. The number of carbonyl (C=O) groups is 1. The molecule has 0 radical (unpaired) electrons. The van der Waals surface area contributed by atoms with Gasteiger partial charge in [-0.2, -0.15) is 0 Å². The summed E-state index contributed by atoms with van der Waals surface area (Å²) in [6.45, 7) is 7.47. The van der Waals surface area contributed by atoms with Crippen molar-refractivity contribution in [2.24, 2.45) is 23.7 Å². The molecule has 5 atom stereocenters. The van der Waals surface area contributed by atoms with E-state index < -0.39 is 15.1 Å². The molecule has 0 spiro atoms. The Morgan fingerprint density at radius 2 is 2.05 bits per heavy atom. The molecule has 1 aliphatic heterocycles. The van der Waals surface area contributed by atoms with Crippen LogP contribution in [0.15, 0.2) is 11.8 Å². The molecule has 0 aromatic carbocycles. The first-order chi connectivity index (χ1) is 8.77. The Balaban J connectivity index is 2.45. The predicted molar refractivity (Wildman–Crippen MR) is 73.0 cm³/mol. The van der Waals surface area contributed by atoms with E-state index in [1.165, 1.54) is 6.92 Å². The van der Waals surface area contributed by atoms with Crippen LogP contribution in [0.1, 0.15) is 34.1 Å². The van der Waals surface area contributed by atoms with Crippen LogP contribution in [0.4, 0.5) is 0 Å². The molecule has 0 bridgehead atoms. The van der Waals surface area contributed by atoms with Crippen LogP contribution in [-0.2, 0) is 19.4 Å². The van der Waals surface area contributed by atoms with Crippen molar-refractivity contribution in [3.63, 3.8) is 0 Å². The molecule has 1 fully saturated rings. The number of allylic oxidation sites excluding steroid dienone is 1. The minimum Gasteiger partial charge on any atom is -0.431 e. The van der Waals surface area contributed by atoms with E-state index in [0.717, 1.165) is 6.42 Å². The lowest BCUT2D eigenvalue weighted by Crippen LogP contribution is -2.37. The van der Waals surface area contributed by atoms with E-state index in [0.29, 0.717) is 5.76 Å². The third-order valence-corrected chi connectivity index (χ3v) is 6.86. The molecule has 0 unspecified atom stereocenters. The highest BCUT2D eigenvalue weighted by atomic mass is 32.2. The molecule has 0 aromatic rings. The molecule has 2 rings (SSSR count). The molecule has 0 aromatic heterocycles. The number of hydrogen-bond donors (Lipinski definition) is 0. The monoisotopic (exact) mass is 286 g/mol. The van der Waals surface area contributed by atoms with Crippen LogP contribution in [0.2, 0.25) is 0 Å². The summed E-state index contributed by atoms with van der Waals surface area (Å²) >= 11 is 0. The van der Waals surface area contributed by atoms with Gasteiger partial charge in [0.15, 0.2) is 9.84 Å². The molecule has 5 heteroatoms. The highest BCUT2D eigenvalue weighted by Crippen LogP contribution is 2.47.